The molecule has 282 valence electrons. The van der Waals surface area contributed by atoms with E-state index in [-0.39, 0.29) is 29.6 Å². The van der Waals surface area contributed by atoms with Crippen LogP contribution in [0.25, 0.3) is 17.2 Å². The molecule has 0 aliphatic carbocycles. The number of nitrogens with zero attached hydrogens (tertiary/aromatic N) is 4. The molecular formula is C30H42N5O15P. The van der Waals surface area contributed by atoms with Crippen LogP contribution in [-0.4, -0.2) is 100 Å². The zero-order chi connectivity index (χ0) is 38.1. The fourth-order valence-electron chi connectivity index (χ4n) is 3.63. The van der Waals surface area contributed by atoms with E-state index in [1.807, 2.05) is 0 Å². The van der Waals surface area contributed by atoms with Crippen LogP contribution < -0.4 is 15.2 Å². The Balaban J connectivity index is 0.000000469. The Bertz CT molecular complexity index is 1620. The van der Waals surface area contributed by atoms with E-state index in [1.165, 1.54) is 45.1 Å². The molecule has 2 heterocycles. The molecule has 2 aromatic heterocycles. The highest BCUT2D eigenvalue weighted by atomic mass is 31.2. The van der Waals surface area contributed by atoms with Crippen molar-refractivity contribution in [1.82, 2.24) is 19.5 Å². The number of aromatic hydroxyl groups is 1. The third kappa shape index (κ3) is 14.7. The van der Waals surface area contributed by atoms with E-state index in [4.69, 9.17) is 53.0 Å². The number of nitrogens with two attached hydrogens (primary N) is 1. The molecule has 0 saturated heterocycles. The lowest BCUT2D eigenvalue weighted by Gasteiger charge is -2.21. The predicted molar refractivity (Wildman–Crippen MR) is 178 cm³/mol. The van der Waals surface area contributed by atoms with Crippen LogP contribution >= 0.6 is 7.60 Å². The summed E-state index contributed by atoms with van der Waals surface area (Å²) >= 11 is 0. The molecule has 1 aromatic carbocycles. The second-order valence-corrected chi connectivity index (χ2v) is 12.6. The first kappa shape index (κ1) is 42.0. The lowest BCUT2D eigenvalue weighted by molar-refractivity contribution is -0.131. The Morgan fingerprint density at radius 2 is 1.47 bits per heavy atom. The number of carboxylic acids is 1. The summed E-state index contributed by atoms with van der Waals surface area (Å²) in [7, 11) is -1.25. The molecule has 0 spiro atoms. The Kier molecular flexibility index (Phi) is 16.9. The Morgan fingerprint density at radius 1 is 0.922 bits per heavy atom. The highest BCUT2D eigenvalue weighted by Crippen LogP contribution is 2.48. The van der Waals surface area contributed by atoms with Gasteiger partial charge >= 0.3 is 25.9 Å². The van der Waals surface area contributed by atoms with Crippen molar-refractivity contribution in [1.29, 1.82) is 0 Å². The third-order valence-electron chi connectivity index (χ3n) is 5.84. The summed E-state index contributed by atoms with van der Waals surface area (Å²) in [6.07, 6.45) is 1.24. The van der Waals surface area contributed by atoms with Crippen LogP contribution in [0.5, 0.6) is 17.2 Å². The predicted octanol–water partition coefficient (Wildman–Crippen LogP) is 4.54. The zero-order valence-corrected chi connectivity index (χ0v) is 29.9. The van der Waals surface area contributed by atoms with Crippen molar-refractivity contribution in [3.8, 4) is 17.2 Å². The highest BCUT2D eigenvalue weighted by Gasteiger charge is 2.29. The van der Waals surface area contributed by atoms with Crippen LogP contribution in [0.4, 0.5) is 15.4 Å². The Morgan fingerprint density at radius 3 is 1.96 bits per heavy atom. The third-order valence-corrected chi connectivity index (χ3v) is 7.30. The maximum Gasteiger partial charge on any atom is 0.510 e. The van der Waals surface area contributed by atoms with Crippen molar-refractivity contribution in [2.45, 2.75) is 59.5 Å². The normalized spacial score (nSPS) is 11.9. The number of carbonyl (C=O) groups excluding carboxylic acids is 2. The second kappa shape index (κ2) is 20.5. The minimum atomic E-state index is -4.06. The van der Waals surface area contributed by atoms with Gasteiger partial charge in [-0.1, -0.05) is 0 Å². The minimum Gasteiger partial charge on any atom is -0.502 e. The van der Waals surface area contributed by atoms with E-state index in [0.717, 1.165) is 6.08 Å². The molecule has 21 heteroatoms. The number of anilines is 1. The number of ether oxygens (including phenoxy) is 7. The first-order valence-electron chi connectivity index (χ1n) is 15.0. The zero-order valence-electron chi connectivity index (χ0n) is 29.0. The molecule has 4 N–H and O–H groups in total. The topological polar surface area (TPSA) is 261 Å². The molecule has 51 heavy (non-hydrogen) atoms. The summed E-state index contributed by atoms with van der Waals surface area (Å²) in [6.45, 7) is 6.98. The van der Waals surface area contributed by atoms with Gasteiger partial charge in [-0.05, 0) is 58.4 Å². The molecule has 3 aromatic rings. The first-order valence-corrected chi connectivity index (χ1v) is 16.7. The van der Waals surface area contributed by atoms with Gasteiger partial charge in [0.1, 0.15) is 18.2 Å². The number of carbonyl (C=O) groups is 3. The van der Waals surface area contributed by atoms with Gasteiger partial charge in [0.2, 0.25) is 19.3 Å². The number of imidazole rings is 1. The van der Waals surface area contributed by atoms with Crippen LogP contribution in [0, 0.1) is 0 Å². The summed E-state index contributed by atoms with van der Waals surface area (Å²) in [4.78, 5) is 45.6. The number of hydrogen-bond acceptors (Lipinski definition) is 18. The van der Waals surface area contributed by atoms with Crippen molar-refractivity contribution >= 4 is 48.9 Å². The van der Waals surface area contributed by atoms with Gasteiger partial charge in [-0.15, -0.1) is 0 Å². The number of rotatable bonds is 17. The Labute approximate surface area is 292 Å². The molecule has 0 fully saturated rings. The van der Waals surface area contributed by atoms with Gasteiger partial charge in [0.15, 0.2) is 23.0 Å². The molecule has 0 aliphatic heterocycles. The highest BCUT2D eigenvalue weighted by molar-refractivity contribution is 7.53. The van der Waals surface area contributed by atoms with Gasteiger partial charge in [0, 0.05) is 6.08 Å². The van der Waals surface area contributed by atoms with Crippen molar-refractivity contribution in [3.05, 3.63) is 36.4 Å². The van der Waals surface area contributed by atoms with E-state index in [9.17, 15) is 24.1 Å². The van der Waals surface area contributed by atoms with Crippen molar-refractivity contribution < 1.29 is 71.4 Å². The molecule has 0 bridgehead atoms. The van der Waals surface area contributed by atoms with Gasteiger partial charge in [0.25, 0.3) is 0 Å². The number of benzene rings is 1. The number of hydrogen-bond donors (Lipinski definition) is 3. The molecule has 0 aliphatic rings. The smallest absolute Gasteiger partial charge is 0.502 e. The van der Waals surface area contributed by atoms with Crippen LogP contribution in [0.1, 0.15) is 40.2 Å². The molecule has 0 amide bonds. The molecule has 0 unspecified atom stereocenters. The fraction of sp³-hybridized carbons (Fsp3) is 0.467. The van der Waals surface area contributed by atoms with Crippen molar-refractivity contribution in [2.24, 2.45) is 0 Å². The number of phenolic OH excluding ortho intramolecular Hbond substituents is 1. The van der Waals surface area contributed by atoms with Crippen LogP contribution in [-0.2, 0) is 48.6 Å². The SMILES string of the molecule is CC(C)OC(=O)OCOP(=O)(CO[C@H](C)Cn1cnc2c(N)ncnc21)OCOC(=O)OC(C)C.COc1cc(/C=C/C(=O)O)cc(OC)c1O. The summed E-state index contributed by atoms with van der Waals surface area (Å²) in [5.74, 6) is -0.474. The van der Waals surface area contributed by atoms with E-state index in [1.54, 1.807) is 39.2 Å². The molecule has 20 nitrogen and oxygen atoms in total. The Hall–Kier alpha value is -5.17. The second-order valence-electron chi connectivity index (χ2n) is 10.6. The van der Waals surface area contributed by atoms with E-state index >= 15 is 0 Å². The average Bonchev–Trinajstić information content (AvgIpc) is 3.46. The standard InChI is InChI=1S/C19H30N5O10P.C11H12O5/c1-12(2)33-18(25)28-9-31-35(27,32-10-29-19(26)34-13(3)4)11-30-14(5)6-24-8-23-15-16(20)21-7-22-17(15)24;1-15-8-5-7(3-4-10(12)13)6-9(16-2)11(8)14/h7-8,12-14H,6,9-11H2,1-5H3,(H2,20,21,22);3-6,14H,1-2H3,(H,12,13)/b;4-3+/t14-;/m1./s1. The summed E-state index contributed by atoms with van der Waals surface area (Å²) in [5, 5.41) is 18.1. The van der Waals surface area contributed by atoms with Crippen molar-refractivity contribution in [3.63, 3.8) is 0 Å². The van der Waals surface area contributed by atoms with Gasteiger partial charge in [0.05, 0.1) is 45.4 Å². The maximum atomic E-state index is 13.1. The summed E-state index contributed by atoms with van der Waals surface area (Å²) in [5.41, 5.74) is 7.29. The number of carboxylic acid groups (broad SMARTS) is 1. The molecule has 0 saturated carbocycles. The van der Waals surface area contributed by atoms with Gasteiger partial charge in [-0.2, -0.15) is 0 Å². The van der Waals surface area contributed by atoms with Crippen LogP contribution in [0.3, 0.4) is 0 Å². The largest absolute Gasteiger partial charge is 0.510 e. The first-order chi connectivity index (χ1) is 24.1. The number of phenols is 1. The molecule has 1 atom stereocenters. The number of fused-ring (bicyclic) bond motifs is 1. The number of aromatic nitrogens is 4. The van der Waals surface area contributed by atoms with E-state index < -0.39 is 64.1 Å². The lowest BCUT2D eigenvalue weighted by atomic mass is 10.1. The maximum absolute atomic E-state index is 13.1. The summed E-state index contributed by atoms with van der Waals surface area (Å²) < 4.78 is 59.5. The molecule has 0 radical (unpaired) electrons. The van der Waals surface area contributed by atoms with E-state index in [0.29, 0.717) is 16.7 Å². The monoisotopic (exact) mass is 743 g/mol. The minimum absolute atomic E-state index is 0.113. The number of methoxy groups -OCH3 is 2. The van der Waals surface area contributed by atoms with Crippen molar-refractivity contribution in [2.75, 3.05) is 39.9 Å². The van der Waals surface area contributed by atoms with Gasteiger partial charge in [-0.25, -0.2) is 29.3 Å². The van der Waals surface area contributed by atoms with Crippen LogP contribution in [0.2, 0.25) is 0 Å². The van der Waals surface area contributed by atoms with Gasteiger partial charge in [-0.3, -0.25) is 13.6 Å². The fourth-order valence-corrected chi connectivity index (χ4v) is 4.72. The lowest BCUT2D eigenvalue weighted by Crippen LogP contribution is -2.20. The average molecular weight is 744 g/mol. The molecule has 3 rings (SSSR count). The number of aliphatic carboxylic acids is 1. The van der Waals surface area contributed by atoms with E-state index in [2.05, 4.69) is 15.0 Å². The summed E-state index contributed by atoms with van der Waals surface area (Å²) in [6, 6.07) is 3.02. The number of nitrogen functional groups attached to an aromatic ring is 1. The quantitative estimate of drug-likeness (QED) is 0.0741. The van der Waals surface area contributed by atoms with Gasteiger partial charge < -0.3 is 53.7 Å². The molecular weight excluding hydrogens is 701 g/mol. The van der Waals surface area contributed by atoms with Crippen LogP contribution in [0.15, 0.2) is 30.9 Å².